The van der Waals surface area contributed by atoms with E-state index in [1.54, 1.807) is 31.4 Å². The Bertz CT molecular complexity index is 682. The Hall–Kier alpha value is -1.97. The van der Waals surface area contributed by atoms with E-state index in [0.29, 0.717) is 16.6 Å². The molecule has 0 bridgehead atoms. The van der Waals surface area contributed by atoms with Crippen LogP contribution in [0.25, 0.3) is 6.08 Å². The fourth-order valence-corrected chi connectivity index (χ4v) is 2.09. The van der Waals surface area contributed by atoms with Gasteiger partial charge in [-0.2, -0.15) is 0 Å². The van der Waals surface area contributed by atoms with Crippen molar-refractivity contribution in [2.75, 3.05) is 7.11 Å². The van der Waals surface area contributed by atoms with Gasteiger partial charge in [0.2, 0.25) is 5.91 Å². The third-order valence-corrected chi connectivity index (χ3v) is 3.74. The highest BCUT2D eigenvalue weighted by molar-refractivity contribution is 6.42. The van der Waals surface area contributed by atoms with E-state index in [-0.39, 0.29) is 5.91 Å². The number of hydrogen-bond acceptors (Lipinski definition) is 2. The Balaban J connectivity index is 1.89. The molecule has 0 unspecified atom stereocenters. The zero-order valence-corrected chi connectivity index (χ0v) is 13.5. The van der Waals surface area contributed by atoms with Gasteiger partial charge in [0.1, 0.15) is 5.75 Å². The summed E-state index contributed by atoms with van der Waals surface area (Å²) in [5.74, 6) is 0.608. The summed E-state index contributed by atoms with van der Waals surface area (Å²) in [6.07, 6.45) is 3.15. The highest BCUT2D eigenvalue weighted by Crippen LogP contribution is 2.23. The van der Waals surface area contributed by atoms with Crippen molar-refractivity contribution in [1.29, 1.82) is 0 Å². The lowest BCUT2D eigenvalue weighted by Gasteiger charge is -2.04. The average molecular weight is 336 g/mol. The molecule has 0 aromatic heterocycles. The molecule has 0 radical (unpaired) electrons. The molecule has 114 valence electrons. The zero-order chi connectivity index (χ0) is 15.9. The average Bonchev–Trinajstić information content (AvgIpc) is 2.54. The molecular weight excluding hydrogens is 321 g/mol. The van der Waals surface area contributed by atoms with Crippen molar-refractivity contribution in [2.24, 2.45) is 0 Å². The van der Waals surface area contributed by atoms with Crippen LogP contribution in [0, 0.1) is 0 Å². The van der Waals surface area contributed by atoms with Gasteiger partial charge in [-0.1, -0.05) is 41.4 Å². The van der Waals surface area contributed by atoms with Crippen LogP contribution < -0.4 is 10.1 Å². The summed E-state index contributed by atoms with van der Waals surface area (Å²) in [7, 11) is 1.62. The molecule has 0 aliphatic carbocycles. The lowest BCUT2D eigenvalue weighted by Crippen LogP contribution is -2.20. The maximum atomic E-state index is 11.8. The molecule has 5 heteroatoms. The molecule has 0 saturated heterocycles. The molecule has 1 amide bonds. The summed E-state index contributed by atoms with van der Waals surface area (Å²) in [6.45, 7) is 0.453. The van der Waals surface area contributed by atoms with E-state index < -0.39 is 0 Å². The monoisotopic (exact) mass is 335 g/mol. The highest BCUT2D eigenvalue weighted by atomic mass is 35.5. The molecule has 22 heavy (non-hydrogen) atoms. The topological polar surface area (TPSA) is 38.3 Å². The van der Waals surface area contributed by atoms with Crippen molar-refractivity contribution in [3.63, 3.8) is 0 Å². The van der Waals surface area contributed by atoms with E-state index in [4.69, 9.17) is 27.9 Å². The zero-order valence-electron chi connectivity index (χ0n) is 12.0. The molecule has 0 aliphatic rings. The molecule has 2 aromatic carbocycles. The maximum Gasteiger partial charge on any atom is 0.244 e. The standard InChI is InChI=1S/C17H15Cl2NO2/c1-22-14-6-2-13(3-7-14)11-20-17(21)9-5-12-4-8-15(18)16(19)10-12/h2-10H,11H2,1H3,(H,20,21). The first kappa shape index (κ1) is 16.4. The molecule has 1 N–H and O–H groups in total. The Kier molecular flexibility index (Phi) is 5.87. The van der Waals surface area contributed by atoms with Crippen LogP contribution in [0.1, 0.15) is 11.1 Å². The molecule has 2 aromatic rings. The van der Waals surface area contributed by atoms with Gasteiger partial charge in [0.15, 0.2) is 0 Å². The van der Waals surface area contributed by atoms with Crippen LogP contribution in [0.15, 0.2) is 48.5 Å². The molecule has 0 saturated carbocycles. The van der Waals surface area contributed by atoms with Crippen molar-refractivity contribution in [3.05, 3.63) is 69.7 Å². The SMILES string of the molecule is COc1ccc(CNC(=O)C=Cc2ccc(Cl)c(Cl)c2)cc1. The van der Waals surface area contributed by atoms with Crippen LogP contribution in [0.2, 0.25) is 10.0 Å². The molecule has 0 aliphatic heterocycles. The van der Waals surface area contributed by atoms with Crippen molar-refractivity contribution in [1.82, 2.24) is 5.32 Å². The summed E-state index contributed by atoms with van der Waals surface area (Å²) in [5, 5.41) is 3.76. The van der Waals surface area contributed by atoms with E-state index in [1.165, 1.54) is 6.08 Å². The van der Waals surface area contributed by atoms with Crippen LogP contribution in [0.4, 0.5) is 0 Å². The van der Waals surface area contributed by atoms with Crippen LogP contribution in [-0.4, -0.2) is 13.0 Å². The number of carbonyl (C=O) groups excluding carboxylic acids is 1. The number of methoxy groups -OCH3 is 1. The van der Waals surface area contributed by atoms with E-state index >= 15 is 0 Å². The van der Waals surface area contributed by atoms with Gasteiger partial charge >= 0.3 is 0 Å². The van der Waals surface area contributed by atoms with Crippen molar-refractivity contribution in [3.8, 4) is 5.75 Å². The molecule has 0 spiro atoms. The number of benzene rings is 2. The van der Waals surface area contributed by atoms with Gasteiger partial charge in [0.25, 0.3) is 0 Å². The van der Waals surface area contributed by atoms with Gasteiger partial charge in [-0.15, -0.1) is 0 Å². The van der Waals surface area contributed by atoms with Crippen molar-refractivity contribution in [2.45, 2.75) is 6.54 Å². The predicted octanol–water partition coefficient (Wildman–Crippen LogP) is 4.33. The fraction of sp³-hybridized carbons (Fsp3) is 0.118. The Labute approximate surface area is 139 Å². The summed E-state index contributed by atoms with van der Waals surface area (Å²) in [4.78, 5) is 11.8. The van der Waals surface area contributed by atoms with E-state index in [2.05, 4.69) is 5.32 Å². The van der Waals surface area contributed by atoms with E-state index in [1.807, 2.05) is 24.3 Å². The number of halogens is 2. The number of ether oxygens (including phenoxy) is 1. The Morgan fingerprint density at radius 1 is 1.14 bits per heavy atom. The fourth-order valence-electron chi connectivity index (χ4n) is 1.78. The largest absolute Gasteiger partial charge is 0.497 e. The third kappa shape index (κ3) is 4.79. The van der Waals surface area contributed by atoms with Gasteiger partial charge in [-0.3, -0.25) is 4.79 Å². The summed E-state index contributed by atoms with van der Waals surface area (Å²) < 4.78 is 5.08. The number of hydrogen-bond donors (Lipinski definition) is 1. The summed E-state index contributed by atoms with van der Waals surface area (Å²) in [5.41, 5.74) is 1.81. The second kappa shape index (κ2) is 7.87. The first-order chi connectivity index (χ1) is 10.6. The van der Waals surface area contributed by atoms with Crippen molar-refractivity contribution >= 4 is 35.2 Å². The molecular formula is C17H15Cl2NO2. The molecule has 0 atom stereocenters. The van der Waals surface area contributed by atoms with Crippen molar-refractivity contribution < 1.29 is 9.53 Å². The molecule has 0 heterocycles. The number of nitrogens with one attached hydrogen (secondary N) is 1. The molecule has 3 nitrogen and oxygen atoms in total. The minimum atomic E-state index is -0.179. The van der Waals surface area contributed by atoms with Gasteiger partial charge in [0.05, 0.1) is 17.2 Å². The first-order valence-corrected chi connectivity index (χ1v) is 7.38. The van der Waals surface area contributed by atoms with Crippen LogP contribution in [0.3, 0.4) is 0 Å². The minimum Gasteiger partial charge on any atom is -0.497 e. The number of amides is 1. The summed E-state index contributed by atoms with van der Waals surface area (Å²) >= 11 is 11.8. The van der Waals surface area contributed by atoms with Crippen LogP contribution in [-0.2, 0) is 11.3 Å². The quantitative estimate of drug-likeness (QED) is 0.826. The van der Waals surface area contributed by atoms with Gasteiger partial charge in [-0.05, 0) is 41.5 Å². The van der Waals surface area contributed by atoms with E-state index in [9.17, 15) is 4.79 Å². The lowest BCUT2D eigenvalue weighted by atomic mass is 10.2. The highest BCUT2D eigenvalue weighted by Gasteiger charge is 2.00. The second-order valence-electron chi connectivity index (χ2n) is 4.57. The second-order valence-corrected chi connectivity index (χ2v) is 5.39. The smallest absolute Gasteiger partial charge is 0.244 e. The maximum absolute atomic E-state index is 11.8. The first-order valence-electron chi connectivity index (χ1n) is 6.62. The Morgan fingerprint density at radius 2 is 1.86 bits per heavy atom. The van der Waals surface area contributed by atoms with Crippen LogP contribution >= 0.6 is 23.2 Å². The van der Waals surface area contributed by atoms with Gasteiger partial charge in [0, 0.05) is 12.6 Å². The normalized spacial score (nSPS) is 10.7. The van der Waals surface area contributed by atoms with Crippen LogP contribution in [0.5, 0.6) is 5.75 Å². The van der Waals surface area contributed by atoms with Gasteiger partial charge < -0.3 is 10.1 Å². The van der Waals surface area contributed by atoms with Gasteiger partial charge in [-0.25, -0.2) is 0 Å². The van der Waals surface area contributed by atoms with E-state index in [0.717, 1.165) is 16.9 Å². The lowest BCUT2D eigenvalue weighted by molar-refractivity contribution is -0.116. The number of carbonyl (C=O) groups is 1. The minimum absolute atomic E-state index is 0.179. The number of rotatable bonds is 5. The molecule has 2 rings (SSSR count). The Morgan fingerprint density at radius 3 is 2.50 bits per heavy atom. The summed E-state index contributed by atoms with van der Waals surface area (Å²) in [6, 6.07) is 12.7. The predicted molar refractivity (Wildman–Crippen MR) is 90.3 cm³/mol. The third-order valence-electron chi connectivity index (χ3n) is 3.00. The molecule has 0 fully saturated rings.